The van der Waals surface area contributed by atoms with Crippen LogP contribution >= 0.6 is 0 Å². The van der Waals surface area contributed by atoms with Crippen LogP contribution in [0.1, 0.15) is 25.5 Å². The minimum atomic E-state index is -0.202. The third-order valence-electron chi connectivity index (χ3n) is 4.73. The molecule has 0 N–H and O–H groups in total. The van der Waals surface area contributed by atoms with E-state index in [-0.39, 0.29) is 17.4 Å². The predicted octanol–water partition coefficient (Wildman–Crippen LogP) is 2.29. The number of halogens is 1. The topological polar surface area (TPSA) is 41.4 Å². The largest absolute Gasteiger partial charge is 0.349 e. The molecule has 0 amide bonds. The van der Waals surface area contributed by atoms with Gasteiger partial charge in [-0.2, -0.15) is 0 Å². The first-order chi connectivity index (χ1) is 11.6. The van der Waals surface area contributed by atoms with Gasteiger partial charge in [0.2, 0.25) is 0 Å². The van der Waals surface area contributed by atoms with Crippen LogP contribution in [0.15, 0.2) is 41.5 Å². The maximum Gasteiger partial charge on any atom is 0.293 e. The van der Waals surface area contributed by atoms with Gasteiger partial charge in [-0.1, -0.05) is 12.1 Å². The van der Waals surface area contributed by atoms with Gasteiger partial charge in [0.05, 0.1) is 0 Å². The Morgan fingerprint density at radius 3 is 2.67 bits per heavy atom. The smallest absolute Gasteiger partial charge is 0.293 e. The van der Waals surface area contributed by atoms with Gasteiger partial charge in [0.15, 0.2) is 5.82 Å². The van der Waals surface area contributed by atoms with Gasteiger partial charge in [0.25, 0.3) is 5.56 Å². The molecule has 0 bridgehead atoms. The summed E-state index contributed by atoms with van der Waals surface area (Å²) in [4.78, 5) is 21.0. The minimum Gasteiger partial charge on any atom is -0.349 e. The normalized spacial score (nSPS) is 17.0. The Labute approximate surface area is 141 Å². The van der Waals surface area contributed by atoms with E-state index in [1.165, 1.54) is 6.07 Å². The molecule has 1 unspecified atom stereocenters. The van der Waals surface area contributed by atoms with Gasteiger partial charge in [-0.3, -0.25) is 9.69 Å². The lowest BCUT2D eigenvalue weighted by Gasteiger charge is -2.38. The van der Waals surface area contributed by atoms with Crippen molar-refractivity contribution in [2.24, 2.45) is 0 Å². The van der Waals surface area contributed by atoms with Crippen LogP contribution in [0.2, 0.25) is 0 Å². The third-order valence-corrected chi connectivity index (χ3v) is 4.73. The lowest BCUT2D eigenvalue weighted by Crippen LogP contribution is -2.49. The fraction of sp³-hybridized carbons (Fsp3) is 0.444. The zero-order valence-electron chi connectivity index (χ0n) is 14.2. The fourth-order valence-electron chi connectivity index (χ4n) is 3.20. The Kier molecular flexibility index (Phi) is 4.94. The fourth-order valence-corrected chi connectivity index (χ4v) is 3.20. The molecule has 0 saturated carbocycles. The first-order valence-electron chi connectivity index (χ1n) is 8.40. The summed E-state index contributed by atoms with van der Waals surface area (Å²) in [7, 11) is 0. The monoisotopic (exact) mass is 330 g/mol. The van der Waals surface area contributed by atoms with E-state index in [9.17, 15) is 9.18 Å². The van der Waals surface area contributed by atoms with E-state index in [0.29, 0.717) is 12.4 Å². The Hall–Kier alpha value is -2.21. The van der Waals surface area contributed by atoms with Gasteiger partial charge in [0, 0.05) is 51.2 Å². The maximum atomic E-state index is 13.4. The minimum absolute atomic E-state index is 0.0355. The van der Waals surface area contributed by atoms with Crippen LogP contribution in [0.25, 0.3) is 0 Å². The molecule has 6 heteroatoms. The molecule has 2 aromatic rings. The van der Waals surface area contributed by atoms with Crippen LogP contribution in [-0.2, 0) is 6.54 Å². The molecular weight excluding hydrogens is 307 g/mol. The molecule has 0 aliphatic carbocycles. The number of hydrogen-bond acceptors (Lipinski definition) is 4. The number of aromatic nitrogens is 2. The van der Waals surface area contributed by atoms with E-state index in [0.717, 1.165) is 31.7 Å². The zero-order chi connectivity index (χ0) is 17.1. The zero-order valence-corrected chi connectivity index (χ0v) is 14.2. The highest BCUT2D eigenvalue weighted by molar-refractivity contribution is 5.36. The van der Waals surface area contributed by atoms with E-state index < -0.39 is 0 Å². The molecule has 3 rings (SSSR count). The molecule has 24 heavy (non-hydrogen) atoms. The van der Waals surface area contributed by atoms with E-state index in [1.54, 1.807) is 29.1 Å². The molecule has 128 valence electrons. The molecule has 1 atom stereocenters. The van der Waals surface area contributed by atoms with Gasteiger partial charge in [0.1, 0.15) is 5.82 Å². The quantitative estimate of drug-likeness (QED) is 0.862. The van der Waals surface area contributed by atoms with Crippen LogP contribution in [0, 0.1) is 5.82 Å². The number of piperazine rings is 1. The summed E-state index contributed by atoms with van der Waals surface area (Å²) in [5.41, 5.74) is 0.946. The highest BCUT2D eigenvalue weighted by Gasteiger charge is 2.24. The van der Waals surface area contributed by atoms with Crippen LogP contribution in [0.5, 0.6) is 0 Å². The molecule has 5 nitrogen and oxygen atoms in total. The van der Waals surface area contributed by atoms with Crippen molar-refractivity contribution < 1.29 is 4.39 Å². The first-order valence-corrected chi connectivity index (χ1v) is 8.40. The summed E-state index contributed by atoms with van der Waals surface area (Å²) in [5.74, 6) is 0.323. The highest BCUT2D eigenvalue weighted by atomic mass is 19.1. The van der Waals surface area contributed by atoms with Crippen molar-refractivity contribution in [3.05, 3.63) is 58.4 Å². The van der Waals surface area contributed by atoms with Gasteiger partial charge in [-0.15, -0.1) is 0 Å². The molecular formula is C18H23FN4O. The number of anilines is 1. The van der Waals surface area contributed by atoms with Gasteiger partial charge in [-0.25, -0.2) is 9.37 Å². The molecule has 2 heterocycles. The second-order valence-electron chi connectivity index (χ2n) is 6.10. The van der Waals surface area contributed by atoms with Crippen molar-refractivity contribution in [1.82, 2.24) is 14.5 Å². The van der Waals surface area contributed by atoms with E-state index >= 15 is 0 Å². The lowest BCUT2D eigenvalue weighted by molar-refractivity contribution is 0.197. The van der Waals surface area contributed by atoms with Crippen LogP contribution in [-0.4, -0.2) is 40.6 Å². The van der Waals surface area contributed by atoms with Gasteiger partial charge >= 0.3 is 0 Å². The van der Waals surface area contributed by atoms with E-state index in [2.05, 4.69) is 16.8 Å². The summed E-state index contributed by atoms with van der Waals surface area (Å²) in [6.07, 6.45) is 3.40. The van der Waals surface area contributed by atoms with Crippen molar-refractivity contribution in [2.45, 2.75) is 26.4 Å². The summed E-state index contributed by atoms with van der Waals surface area (Å²) in [6, 6.07) is 6.92. The van der Waals surface area contributed by atoms with Gasteiger partial charge in [-0.05, 0) is 31.5 Å². The number of hydrogen-bond donors (Lipinski definition) is 0. The Morgan fingerprint density at radius 2 is 2.00 bits per heavy atom. The SMILES string of the molecule is CCn1ccnc(N2CCN(C(C)c3cccc(F)c3)CC2)c1=O. The molecule has 1 fully saturated rings. The van der Waals surface area contributed by atoms with E-state index in [1.807, 2.05) is 17.9 Å². The Balaban J connectivity index is 1.69. The summed E-state index contributed by atoms with van der Waals surface area (Å²) < 4.78 is 15.1. The van der Waals surface area contributed by atoms with Crippen molar-refractivity contribution >= 4 is 5.82 Å². The molecule has 0 spiro atoms. The molecule has 1 aromatic carbocycles. The number of aryl methyl sites for hydroxylation is 1. The van der Waals surface area contributed by atoms with Crippen molar-refractivity contribution in [2.75, 3.05) is 31.1 Å². The summed E-state index contributed by atoms with van der Waals surface area (Å²) in [6.45, 7) is 7.81. The summed E-state index contributed by atoms with van der Waals surface area (Å²) in [5, 5.41) is 0. The first kappa shape index (κ1) is 16.6. The molecule has 1 aliphatic heterocycles. The average Bonchev–Trinajstić information content (AvgIpc) is 2.61. The summed E-state index contributed by atoms with van der Waals surface area (Å²) >= 11 is 0. The van der Waals surface area contributed by atoms with Crippen LogP contribution < -0.4 is 10.5 Å². The molecule has 1 aliphatic rings. The van der Waals surface area contributed by atoms with E-state index in [4.69, 9.17) is 0 Å². The number of nitrogens with zero attached hydrogens (tertiary/aromatic N) is 4. The molecule has 1 aromatic heterocycles. The predicted molar refractivity (Wildman–Crippen MR) is 92.8 cm³/mol. The van der Waals surface area contributed by atoms with Crippen molar-refractivity contribution in [3.8, 4) is 0 Å². The highest BCUT2D eigenvalue weighted by Crippen LogP contribution is 2.22. The Morgan fingerprint density at radius 1 is 1.25 bits per heavy atom. The van der Waals surface area contributed by atoms with Crippen molar-refractivity contribution in [1.29, 1.82) is 0 Å². The number of benzene rings is 1. The van der Waals surface area contributed by atoms with Crippen LogP contribution in [0.4, 0.5) is 10.2 Å². The lowest BCUT2D eigenvalue weighted by atomic mass is 10.1. The number of rotatable bonds is 4. The second kappa shape index (κ2) is 7.13. The average molecular weight is 330 g/mol. The maximum absolute atomic E-state index is 13.4. The Bertz CT molecular complexity index is 753. The third kappa shape index (κ3) is 3.33. The standard InChI is InChI=1S/C18H23FN4O/c1-3-21-8-7-20-17(18(21)24)23-11-9-22(10-12-23)14(2)15-5-4-6-16(19)13-15/h4-8,13-14H,3,9-12H2,1-2H3. The molecule has 1 saturated heterocycles. The van der Waals surface area contributed by atoms with Gasteiger partial charge < -0.3 is 9.47 Å². The van der Waals surface area contributed by atoms with Crippen LogP contribution in [0.3, 0.4) is 0 Å². The second-order valence-corrected chi connectivity index (χ2v) is 6.10. The van der Waals surface area contributed by atoms with Crippen molar-refractivity contribution in [3.63, 3.8) is 0 Å². The molecule has 0 radical (unpaired) electrons.